The Morgan fingerprint density at radius 2 is 2.00 bits per heavy atom. The summed E-state index contributed by atoms with van der Waals surface area (Å²) in [5.74, 6) is 0. The fraction of sp³-hybridized carbons (Fsp3) is 0.182. The van der Waals surface area contributed by atoms with Gasteiger partial charge in [-0.15, -0.1) is 0 Å². The van der Waals surface area contributed by atoms with Crippen LogP contribution in [0.3, 0.4) is 0 Å². The van der Waals surface area contributed by atoms with Crippen molar-refractivity contribution in [1.82, 2.24) is 14.3 Å². The molecule has 0 aliphatic carbocycles. The zero-order valence-corrected chi connectivity index (χ0v) is 11.2. The maximum Gasteiger partial charge on any atom is 0.259 e. The Morgan fingerprint density at radius 3 is 2.56 bits per heavy atom. The number of imidazole rings is 1. The van der Waals surface area contributed by atoms with E-state index in [4.69, 9.17) is 11.6 Å². The summed E-state index contributed by atoms with van der Waals surface area (Å²) in [5.41, 5.74) is 0.832. The van der Waals surface area contributed by atoms with E-state index in [1.54, 1.807) is 35.9 Å². The van der Waals surface area contributed by atoms with Crippen molar-refractivity contribution >= 4 is 21.6 Å². The molecular weight excluding hydrogens is 274 g/mol. The van der Waals surface area contributed by atoms with Gasteiger partial charge in [0.05, 0.1) is 6.33 Å². The molecule has 0 saturated heterocycles. The minimum absolute atomic E-state index is 0.0129. The molecule has 0 fully saturated rings. The molecule has 0 aliphatic rings. The van der Waals surface area contributed by atoms with Crippen molar-refractivity contribution in [2.45, 2.75) is 11.6 Å². The number of halogens is 1. The standard InChI is InChI=1S/C11H12ClN3O2S/c1-15-7-11(13-8-15)18(16,17)14-6-9-2-4-10(12)5-3-9/h2-5,7-8,14H,6H2,1H3. The zero-order valence-electron chi connectivity index (χ0n) is 9.67. The van der Waals surface area contributed by atoms with E-state index in [2.05, 4.69) is 9.71 Å². The van der Waals surface area contributed by atoms with Crippen molar-refractivity contribution in [3.63, 3.8) is 0 Å². The number of aryl methyl sites for hydroxylation is 1. The molecule has 1 heterocycles. The molecule has 0 saturated carbocycles. The highest BCUT2D eigenvalue weighted by molar-refractivity contribution is 7.89. The van der Waals surface area contributed by atoms with Crippen molar-refractivity contribution in [1.29, 1.82) is 0 Å². The number of sulfonamides is 1. The van der Waals surface area contributed by atoms with Gasteiger partial charge in [-0.25, -0.2) is 18.1 Å². The Morgan fingerprint density at radius 1 is 1.33 bits per heavy atom. The van der Waals surface area contributed by atoms with Crippen molar-refractivity contribution in [3.05, 3.63) is 47.4 Å². The molecule has 0 amide bonds. The van der Waals surface area contributed by atoms with Gasteiger partial charge in [-0.1, -0.05) is 23.7 Å². The average molecular weight is 286 g/mol. The number of benzene rings is 1. The van der Waals surface area contributed by atoms with Gasteiger partial charge in [0.25, 0.3) is 10.0 Å². The molecular formula is C11H12ClN3O2S. The van der Waals surface area contributed by atoms with Crippen LogP contribution in [0.2, 0.25) is 5.02 Å². The summed E-state index contributed by atoms with van der Waals surface area (Å²) in [7, 11) is -1.85. The molecule has 1 aromatic carbocycles. The summed E-state index contributed by atoms with van der Waals surface area (Å²) < 4.78 is 27.8. The van der Waals surface area contributed by atoms with Gasteiger partial charge in [0.1, 0.15) is 0 Å². The lowest BCUT2D eigenvalue weighted by Gasteiger charge is -2.04. The van der Waals surface area contributed by atoms with Crippen molar-refractivity contribution in [3.8, 4) is 0 Å². The molecule has 1 N–H and O–H groups in total. The number of aromatic nitrogens is 2. The number of nitrogens with one attached hydrogen (secondary N) is 1. The van der Waals surface area contributed by atoms with Crippen LogP contribution in [-0.2, 0) is 23.6 Å². The molecule has 0 spiro atoms. The van der Waals surface area contributed by atoms with E-state index in [1.807, 2.05) is 0 Å². The molecule has 7 heteroatoms. The predicted molar refractivity (Wildman–Crippen MR) is 68.7 cm³/mol. The summed E-state index contributed by atoms with van der Waals surface area (Å²) in [6.07, 6.45) is 2.89. The van der Waals surface area contributed by atoms with E-state index in [9.17, 15) is 8.42 Å². The van der Waals surface area contributed by atoms with Gasteiger partial charge in [-0.2, -0.15) is 0 Å². The van der Waals surface area contributed by atoms with E-state index in [0.29, 0.717) is 5.02 Å². The van der Waals surface area contributed by atoms with Crippen LogP contribution in [-0.4, -0.2) is 18.0 Å². The summed E-state index contributed by atoms with van der Waals surface area (Å²) in [6.45, 7) is 0.204. The fourth-order valence-electron chi connectivity index (χ4n) is 1.38. The van der Waals surface area contributed by atoms with Gasteiger partial charge < -0.3 is 4.57 Å². The first-order valence-corrected chi connectivity index (χ1v) is 7.05. The second-order valence-corrected chi connectivity index (χ2v) is 5.98. The quantitative estimate of drug-likeness (QED) is 0.927. The van der Waals surface area contributed by atoms with Gasteiger partial charge in [0, 0.05) is 24.8 Å². The Kier molecular flexibility index (Phi) is 3.70. The van der Waals surface area contributed by atoms with E-state index in [0.717, 1.165) is 5.56 Å². The second kappa shape index (κ2) is 5.09. The van der Waals surface area contributed by atoms with Crippen molar-refractivity contribution in [2.24, 2.45) is 7.05 Å². The van der Waals surface area contributed by atoms with Crippen molar-refractivity contribution in [2.75, 3.05) is 0 Å². The molecule has 96 valence electrons. The first-order chi connectivity index (χ1) is 8.47. The first kappa shape index (κ1) is 13.1. The largest absolute Gasteiger partial charge is 0.339 e. The average Bonchev–Trinajstić information content (AvgIpc) is 2.76. The molecule has 18 heavy (non-hydrogen) atoms. The molecule has 2 aromatic rings. The summed E-state index contributed by atoms with van der Waals surface area (Å²) in [4.78, 5) is 3.81. The van der Waals surface area contributed by atoms with Crippen LogP contribution < -0.4 is 4.72 Å². The minimum atomic E-state index is -3.56. The molecule has 0 aliphatic heterocycles. The second-order valence-electron chi connectivity index (χ2n) is 3.83. The lowest BCUT2D eigenvalue weighted by Crippen LogP contribution is -2.23. The highest BCUT2D eigenvalue weighted by atomic mass is 35.5. The molecule has 5 nitrogen and oxygen atoms in total. The van der Waals surface area contributed by atoms with Crippen LogP contribution in [0.25, 0.3) is 0 Å². The smallest absolute Gasteiger partial charge is 0.259 e. The third-order valence-corrected chi connectivity index (χ3v) is 3.87. The van der Waals surface area contributed by atoms with Crippen LogP contribution in [0.1, 0.15) is 5.56 Å². The highest BCUT2D eigenvalue weighted by Gasteiger charge is 2.16. The topological polar surface area (TPSA) is 64.0 Å². The van der Waals surface area contributed by atoms with Crippen LogP contribution >= 0.6 is 11.6 Å². The predicted octanol–water partition coefficient (Wildman–Crippen LogP) is 1.55. The first-order valence-electron chi connectivity index (χ1n) is 5.19. The van der Waals surface area contributed by atoms with Crippen molar-refractivity contribution < 1.29 is 8.42 Å². The SMILES string of the molecule is Cn1cnc(S(=O)(=O)NCc2ccc(Cl)cc2)c1. The summed E-state index contributed by atoms with van der Waals surface area (Å²) in [6, 6.07) is 6.96. The van der Waals surface area contributed by atoms with Gasteiger partial charge in [-0.05, 0) is 17.7 Å². The number of nitrogens with zero attached hydrogens (tertiary/aromatic N) is 2. The van der Waals surface area contributed by atoms with Gasteiger partial charge in [-0.3, -0.25) is 0 Å². The lowest BCUT2D eigenvalue weighted by atomic mass is 10.2. The number of rotatable bonds is 4. The van der Waals surface area contributed by atoms with E-state index in [1.165, 1.54) is 12.5 Å². The number of hydrogen-bond acceptors (Lipinski definition) is 3. The maximum absolute atomic E-state index is 11.9. The molecule has 0 unspecified atom stereocenters. The molecule has 0 atom stereocenters. The number of hydrogen-bond donors (Lipinski definition) is 1. The van der Waals surface area contributed by atoms with E-state index in [-0.39, 0.29) is 11.6 Å². The van der Waals surface area contributed by atoms with Crippen LogP contribution in [0, 0.1) is 0 Å². The highest BCUT2D eigenvalue weighted by Crippen LogP contribution is 2.10. The molecule has 0 bridgehead atoms. The minimum Gasteiger partial charge on any atom is -0.339 e. The molecule has 0 radical (unpaired) electrons. The molecule has 2 rings (SSSR count). The summed E-state index contributed by atoms with van der Waals surface area (Å²) >= 11 is 5.75. The Hall–Kier alpha value is -1.37. The normalized spacial score (nSPS) is 11.7. The van der Waals surface area contributed by atoms with Crippen LogP contribution in [0.5, 0.6) is 0 Å². The Bertz CT molecular complexity index is 635. The summed E-state index contributed by atoms with van der Waals surface area (Å²) in [5, 5.41) is 0.630. The van der Waals surface area contributed by atoms with Gasteiger partial charge in [0.2, 0.25) is 0 Å². The monoisotopic (exact) mass is 285 g/mol. The third kappa shape index (κ3) is 3.10. The lowest BCUT2D eigenvalue weighted by molar-refractivity contribution is 0.578. The van der Waals surface area contributed by atoms with E-state index >= 15 is 0 Å². The van der Waals surface area contributed by atoms with E-state index < -0.39 is 10.0 Å². The Labute approximate surface area is 110 Å². The van der Waals surface area contributed by atoms with Gasteiger partial charge in [0.15, 0.2) is 5.03 Å². The van der Waals surface area contributed by atoms with Crippen LogP contribution in [0.15, 0.2) is 41.8 Å². The van der Waals surface area contributed by atoms with Crippen LogP contribution in [0.4, 0.5) is 0 Å². The third-order valence-electron chi connectivity index (χ3n) is 2.34. The maximum atomic E-state index is 11.9. The molecule has 1 aromatic heterocycles. The zero-order chi connectivity index (χ0) is 13.2. The van der Waals surface area contributed by atoms with Gasteiger partial charge >= 0.3 is 0 Å². The fourth-order valence-corrected chi connectivity index (χ4v) is 2.50. The Balaban J connectivity index is 2.08.